The number of halogens is 3. The van der Waals surface area contributed by atoms with Crippen LogP contribution in [0.4, 0.5) is 13.2 Å². The summed E-state index contributed by atoms with van der Waals surface area (Å²) >= 11 is 0. The smallest absolute Gasteiger partial charge is 0.396 e. The van der Waals surface area contributed by atoms with Gasteiger partial charge in [-0.3, -0.25) is 9.78 Å². The van der Waals surface area contributed by atoms with Crippen LogP contribution in [0.2, 0.25) is 0 Å². The zero-order valence-electron chi connectivity index (χ0n) is 10.7. The van der Waals surface area contributed by atoms with Crippen LogP contribution in [0, 0.1) is 5.92 Å². The first-order valence-electron chi connectivity index (χ1n) is 6.35. The number of hydrogen-bond donors (Lipinski definition) is 1. The molecule has 2 heterocycles. The van der Waals surface area contributed by atoms with Crippen molar-refractivity contribution < 1.29 is 23.1 Å². The monoisotopic (exact) mass is 288 g/mol. The summed E-state index contributed by atoms with van der Waals surface area (Å²) in [6, 6.07) is 1.96. The number of aromatic nitrogens is 1. The average Bonchev–Trinajstić information content (AvgIpc) is 2.86. The predicted molar refractivity (Wildman–Crippen MR) is 65.0 cm³/mol. The van der Waals surface area contributed by atoms with Crippen LogP contribution in [-0.4, -0.2) is 40.6 Å². The molecule has 20 heavy (non-hydrogen) atoms. The lowest BCUT2D eigenvalue weighted by atomic mass is 10.1. The van der Waals surface area contributed by atoms with Crippen molar-refractivity contribution in [1.82, 2.24) is 9.88 Å². The van der Waals surface area contributed by atoms with Gasteiger partial charge in [0.1, 0.15) is 5.69 Å². The van der Waals surface area contributed by atoms with E-state index in [-0.39, 0.29) is 24.1 Å². The number of alkyl halides is 3. The quantitative estimate of drug-likeness (QED) is 0.925. The Balaban J connectivity index is 2.03. The highest BCUT2D eigenvalue weighted by atomic mass is 19.4. The summed E-state index contributed by atoms with van der Waals surface area (Å²) < 4.78 is 37.2. The Morgan fingerprint density at radius 2 is 2.20 bits per heavy atom. The molecule has 1 aliphatic rings. The lowest BCUT2D eigenvalue weighted by molar-refractivity contribution is -0.137. The first-order valence-corrected chi connectivity index (χ1v) is 6.35. The third-order valence-corrected chi connectivity index (χ3v) is 3.42. The van der Waals surface area contributed by atoms with Gasteiger partial charge in [-0.2, -0.15) is 13.2 Å². The average molecular weight is 288 g/mol. The van der Waals surface area contributed by atoms with E-state index in [0.717, 1.165) is 18.6 Å². The summed E-state index contributed by atoms with van der Waals surface area (Å²) in [5, 5.41) is 8.85. The van der Waals surface area contributed by atoms with Gasteiger partial charge in [-0.1, -0.05) is 0 Å². The maximum atomic E-state index is 12.4. The first kappa shape index (κ1) is 14.8. The fourth-order valence-electron chi connectivity index (χ4n) is 2.29. The van der Waals surface area contributed by atoms with Gasteiger partial charge in [0.2, 0.25) is 0 Å². The van der Waals surface area contributed by atoms with Crippen molar-refractivity contribution in [2.45, 2.75) is 19.0 Å². The van der Waals surface area contributed by atoms with E-state index in [1.807, 2.05) is 0 Å². The van der Waals surface area contributed by atoms with Crippen molar-refractivity contribution in [2.75, 3.05) is 19.7 Å². The van der Waals surface area contributed by atoms with Crippen LogP contribution >= 0.6 is 0 Å². The molecule has 1 amide bonds. The molecule has 0 aliphatic carbocycles. The van der Waals surface area contributed by atoms with E-state index in [4.69, 9.17) is 5.11 Å². The van der Waals surface area contributed by atoms with Crippen molar-refractivity contribution in [3.05, 3.63) is 29.6 Å². The molecule has 1 atom stereocenters. The summed E-state index contributed by atoms with van der Waals surface area (Å²) in [7, 11) is 0. The molecule has 1 aromatic rings. The number of carbonyl (C=O) groups is 1. The van der Waals surface area contributed by atoms with Gasteiger partial charge in [0.25, 0.3) is 5.91 Å². The standard InChI is InChI=1S/C13H15F3N2O2/c14-13(15,16)10-1-2-11(17-7-10)12(20)18-5-3-9(8-18)4-6-19/h1-2,7,9,19H,3-6,8H2. The maximum Gasteiger partial charge on any atom is 0.417 e. The molecule has 1 aliphatic heterocycles. The highest BCUT2D eigenvalue weighted by Gasteiger charge is 2.32. The highest BCUT2D eigenvalue weighted by molar-refractivity contribution is 5.92. The number of pyridine rings is 1. The molecule has 1 unspecified atom stereocenters. The largest absolute Gasteiger partial charge is 0.417 e. The highest BCUT2D eigenvalue weighted by Crippen LogP contribution is 2.28. The lowest BCUT2D eigenvalue weighted by Gasteiger charge is -2.16. The fourth-order valence-corrected chi connectivity index (χ4v) is 2.29. The zero-order chi connectivity index (χ0) is 14.8. The number of likely N-dealkylation sites (tertiary alicyclic amines) is 1. The Morgan fingerprint density at radius 3 is 2.75 bits per heavy atom. The molecule has 0 saturated carbocycles. The molecule has 0 bridgehead atoms. The molecule has 1 N–H and O–H groups in total. The van der Waals surface area contributed by atoms with E-state index in [9.17, 15) is 18.0 Å². The Bertz CT molecular complexity index is 473. The van der Waals surface area contributed by atoms with Gasteiger partial charge >= 0.3 is 6.18 Å². The minimum Gasteiger partial charge on any atom is -0.396 e. The third-order valence-electron chi connectivity index (χ3n) is 3.42. The van der Waals surface area contributed by atoms with Crippen LogP contribution in [0.5, 0.6) is 0 Å². The Labute approximate surface area is 114 Å². The number of amides is 1. The predicted octanol–water partition coefficient (Wildman–Crippen LogP) is 1.94. The third kappa shape index (κ3) is 3.27. The van der Waals surface area contributed by atoms with Gasteiger partial charge in [0.05, 0.1) is 5.56 Å². The van der Waals surface area contributed by atoms with Crippen molar-refractivity contribution in [2.24, 2.45) is 5.92 Å². The van der Waals surface area contributed by atoms with Gasteiger partial charge in [0.15, 0.2) is 0 Å². The van der Waals surface area contributed by atoms with E-state index < -0.39 is 11.7 Å². The van der Waals surface area contributed by atoms with E-state index >= 15 is 0 Å². The van der Waals surface area contributed by atoms with Crippen LogP contribution in [0.15, 0.2) is 18.3 Å². The van der Waals surface area contributed by atoms with E-state index in [1.54, 1.807) is 4.90 Å². The minimum atomic E-state index is -4.45. The molecule has 4 nitrogen and oxygen atoms in total. The molecule has 2 rings (SSSR count). The van der Waals surface area contributed by atoms with Crippen LogP contribution in [0.1, 0.15) is 28.9 Å². The van der Waals surface area contributed by atoms with Crippen molar-refractivity contribution in [1.29, 1.82) is 0 Å². The normalized spacial score (nSPS) is 19.4. The summed E-state index contributed by atoms with van der Waals surface area (Å²) in [5.41, 5.74) is -0.851. The molecule has 7 heteroatoms. The molecule has 0 spiro atoms. The number of nitrogens with zero attached hydrogens (tertiary/aromatic N) is 2. The second-order valence-corrected chi connectivity index (χ2v) is 4.85. The molecule has 1 saturated heterocycles. The Hall–Kier alpha value is -1.63. The molecule has 0 radical (unpaired) electrons. The SMILES string of the molecule is O=C(c1ccc(C(F)(F)F)cn1)N1CCC(CCO)C1. The van der Waals surface area contributed by atoms with Crippen LogP contribution in [0.3, 0.4) is 0 Å². The Morgan fingerprint density at radius 1 is 1.45 bits per heavy atom. The van der Waals surface area contributed by atoms with Crippen molar-refractivity contribution >= 4 is 5.91 Å². The molecule has 0 aromatic carbocycles. The summed E-state index contributed by atoms with van der Waals surface area (Å²) in [4.78, 5) is 17.2. The molecule has 1 fully saturated rings. The van der Waals surface area contributed by atoms with E-state index in [1.165, 1.54) is 0 Å². The van der Waals surface area contributed by atoms with Gasteiger partial charge in [-0.25, -0.2) is 0 Å². The molecule has 1 aromatic heterocycles. The van der Waals surface area contributed by atoms with Crippen molar-refractivity contribution in [3.63, 3.8) is 0 Å². The second kappa shape index (κ2) is 5.78. The van der Waals surface area contributed by atoms with Gasteiger partial charge in [0, 0.05) is 25.9 Å². The van der Waals surface area contributed by atoms with Gasteiger partial charge in [-0.05, 0) is 30.9 Å². The number of rotatable bonds is 3. The molecule has 110 valence electrons. The number of carbonyl (C=O) groups excluding carboxylic acids is 1. The van der Waals surface area contributed by atoms with Crippen LogP contribution < -0.4 is 0 Å². The first-order chi connectivity index (χ1) is 9.41. The maximum absolute atomic E-state index is 12.4. The van der Waals surface area contributed by atoms with Crippen molar-refractivity contribution in [3.8, 4) is 0 Å². The van der Waals surface area contributed by atoms with E-state index in [2.05, 4.69) is 4.98 Å². The zero-order valence-corrected chi connectivity index (χ0v) is 10.7. The second-order valence-electron chi connectivity index (χ2n) is 4.85. The van der Waals surface area contributed by atoms with Crippen LogP contribution in [0.25, 0.3) is 0 Å². The topological polar surface area (TPSA) is 53.4 Å². The number of hydrogen-bond acceptors (Lipinski definition) is 3. The summed E-state index contributed by atoms with van der Waals surface area (Å²) in [5.74, 6) is -0.113. The van der Waals surface area contributed by atoms with Gasteiger partial charge < -0.3 is 10.0 Å². The summed E-state index contributed by atoms with van der Waals surface area (Å²) in [6.07, 6.45) is -2.35. The number of aliphatic hydroxyl groups excluding tert-OH is 1. The fraction of sp³-hybridized carbons (Fsp3) is 0.538. The Kier molecular flexibility index (Phi) is 4.27. The molecular formula is C13H15F3N2O2. The van der Waals surface area contributed by atoms with Crippen LogP contribution in [-0.2, 0) is 6.18 Å². The number of aliphatic hydroxyl groups is 1. The summed E-state index contributed by atoms with van der Waals surface area (Å²) in [6.45, 7) is 1.14. The van der Waals surface area contributed by atoms with E-state index in [0.29, 0.717) is 25.7 Å². The lowest BCUT2D eigenvalue weighted by Crippen LogP contribution is -2.29. The molecular weight excluding hydrogens is 273 g/mol. The van der Waals surface area contributed by atoms with Gasteiger partial charge in [-0.15, -0.1) is 0 Å². The minimum absolute atomic E-state index is 0.0163.